The summed E-state index contributed by atoms with van der Waals surface area (Å²) in [6.45, 7) is 6.09. The highest BCUT2D eigenvalue weighted by Gasteiger charge is 2.29. The van der Waals surface area contributed by atoms with Gasteiger partial charge in [0.2, 0.25) is 0 Å². The van der Waals surface area contributed by atoms with Crippen LogP contribution < -0.4 is 0 Å². The number of hydrogen-bond donors (Lipinski definition) is 3. The zero-order chi connectivity index (χ0) is 16.4. The fraction of sp³-hybridized carbons (Fsp3) is 0.471. The van der Waals surface area contributed by atoms with Crippen molar-refractivity contribution in [3.63, 3.8) is 0 Å². The average molecular weight is 306 g/mol. The Balaban J connectivity index is 2.29. The van der Waals surface area contributed by atoms with E-state index in [2.05, 4.69) is 0 Å². The molecule has 0 amide bonds. The molecule has 120 valence electrons. The molecule has 0 spiro atoms. The summed E-state index contributed by atoms with van der Waals surface area (Å²) < 4.78 is 5.20. The SMILES string of the molecule is C/C(=C\Cc1c(C)c(C)c2c(c1O)C(O)OC2)CCC(=O)O. The third-order valence-corrected chi connectivity index (χ3v) is 4.35. The van der Waals surface area contributed by atoms with E-state index in [0.29, 0.717) is 25.0 Å². The molecule has 1 aromatic rings. The van der Waals surface area contributed by atoms with Crippen molar-refractivity contribution in [1.29, 1.82) is 0 Å². The van der Waals surface area contributed by atoms with Gasteiger partial charge in [0.1, 0.15) is 5.75 Å². The van der Waals surface area contributed by atoms with Crippen LogP contribution in [0, 0.1) is 13.8 Å². The molecule has 1 heterocycles. The Bertz CT molecular complexity index is 631. The standard InChI is InChI=1S/C17H22O5/c1-9(5-7-14(18)19)4-6-12-10(2)11(3)13-8-22-17(21)15(13)16(12)20/h4,17,20-21H,5-8H2,1-3H3,(H,18,19)/b9-4+. The van der Waals surface area contributed by atoms with Gasteiger partial charge in [-0.1, -0.05) is 11.6 Å². The van der Waals surface area contributed by atoms with Crippen molar-refractivity contribution in [2.45, 2.75) is 52.9 Å². The average Bonchev–Trinajstić information content (AvgIpc) is 2.85. The molecule has 0 saturated carbocycles. The summed E-state index contributed by atoms with van der Waals surface area (Å²) in [4.78, 5) is 10.6. The molecule has 5 nitrogen and oxygen atoms in total. The largest absolute Gasteiger partial charge is 0.507 e. The molecule has 1 atom stereocenters. The Morgan fingerprint density at radius 1 is 1.32 bits per heavy atom. The minimum Gasteiger partial charge on any atom is -0.507 e. The number of ether oxygens (including phenoxy) is 1. The number of aliphatic hydroxyl groups is 1. The number of phenols is 1. The number of fused-ring (bicyclic) bond motifs is 1. The second-order valence-electron chi connectivity index (χ2n) is 5.78. The first-order valence-corrected chi connectivity index (χ1v) is 7.33. The molecule has 3 N–H and O–H groups in total. The molecule has 2 rings (SSSR count). The predicted octanol–water partition coefficient (Wildman–Crippen LogP) is 2.88. The van der Waals surface area contributed by atoms with Gasteiger partial charge in [-0.3, -0.25) is 4.79 Å². The Kier molecular flexibility index (Phi) is 4.88. The third-order valence-electron chi connectivity index (χ3n) is 4.35. The van der Waals surface area contributed by atoms with Crippen molar-refractivity contribution in [3.8, 4) is 5.75 Å². The predicted molar refractivity (Wildman–Crippen MR) is 81.7 cm³/mol. The molecule has 0 aliphatic carbocycles. The Labute approximate surface area is 129 Å². The fourth-order valence-electron chi connectivity index (χ4n) is 2.77. The highest BCUT2D eigenvalue weighted by molar-refractivity contribution is 5.67. The van der Waals surface area contributed by atoms with Gasteiger partial charge in [-0.25, -0.2) is 0 Å². The first-order valence-electron chi connectivity index (χ1n) is 7.33. The van der Waals surface area contributed by atoms with Crippen molar-refractivity contribution in [2.24, 2.45) is 0 Å². The lowest BCUT2D eigenvalue weighted by molar-refractivity contribution is -0.136. The topological polar surface area (TPSA) is 87.0 Å². The van der Waals surface area contributed by atoms with E-state index in [-0.39, 0.29) is 12.2 Å². The van der Waals surface area contributed by atoms with Gasteiger partial charge in [-0.15, -0.1) is 0 Å². The zero-order valence-electron chi connectivity index (χ0n) is 13.1. The molecule has 5 heteroatoms. The number of hydrogen-bond acceptors (Lipinski definition) is 4. The molecule has 1 aliphatic heterocycles. The summed E-state index contributed by atoms with van der Waals surface area (Å²) >= 11 is 0. The summed E-state index contributed by atoms with van der Waals surface area (Å²) in [5.41, 5.74) is 5.06. The summed E-state index contributed by atoms with van der Waals surface area (Å²) in [6, 6.07) is 0. The molecular weight excluding hydrogens is 284 g/mol. The summed E-state index contributed by atoms with van der Waals surface area (Å²) in [5, 5.41) is 29.0. The Hall–Kier alpha value is -1.85. The lowest BCUT2D eigenvalue weighted by Crippen LogP contribution is -2.02. The van der Waals surface area contributed by atoms with Crippen molar-refractivity contribution >= 4 is 5.97 Å². The molecule has 1 aliphatic rings. The van der Waals surface area contributed by atoms with Crippen molar-refractivity contribution in [3.05, 3.63) is 39.5 Å². The minimum absolute atomic E-state index is 0.0883. The fourth-order valence-corrected chi connectivity index (χ4v) is 2.77. The number of aromatic hydroxyl groups is 1. The normalized spacial score (nSPS) is 17.6. The first-order chi connectivity index (χ1) is 10.3. The maximum Gasteiger partial charge on any atom is 0.303 e. The van der Waals surface area contributed by atoms with E-state index < -0.39 is 12.3 Å². The van der Waals surface area contributed by atoms with Crippen LogP contribution in [0.4, 0.5) is 0 Å². The summed E-state index contributed by atoms with van der Waals surface area (Å²) in [6.07, 6.45) is 1.95. The summed E-state index contributed by atoms with van der Waals surface area (Å²) in [7, 11) is 0. The van der Waals surface area contributed by atoms with Gasteiger partial charge < -0.3 is 20.1 Å². The van der Waals surface area contributed by atoms with Crippen LogP contribution in [0.3, 0.4) is 0 Å². The molecule has 1 unspecified atom stereocenters. The van der Waals surface area contributed by atoms with E-state index in [9.17, 15) is 15.0 Å². The van der Waals surface area contributed by atoms with Gasteiger partial charge in [-0.2, -0.15) is 0 Å². The van der Waals surface area contributed by atoms with Crippen molar-refractivity contribution in [2.75, 3.05) is 0 Å². The van der Waals surface area contributed by atoms with Crippen LogP contribution >= 0.6 is 0 Å². The highest BCUT2D eigenvalue weighted by atomic mass is 16.6. The van der Waals surface area contributed by atoms with Crippen LogP contribution in [0.15, 0.2) is 11.6 Å². The maximum absolute atomic E-state index is 10.6. The highest BCUT2D eigenvalue weighted by Crippen LogP contribution is 2.42. The molecule has 1 aromatic carbocycles. The van der Waals surface area contributed by atoms with Crippen molar-refractivity contribution < 1.29 is 24.9 Å². The number of aliphatic carboxylic acids is 1. The Morgan fingerprint density at radius 3 is 2.64 bits per heavy atom. The summed E-state index contributed by atoms with van der Waals surface area (Å²) in [5.74, 6) is -0.731. The lowest BCUT2D eigenvalue weighted by atomic mass is 9.91. The quantitative estimate of drug-likeness (QED) is 0.728. The molecule has 0 aromatic heterocycles. The van der Waals surface area contributed by atoms with Gasteiger partial charge in [0.15, 0.2) is 6.29 Å². The smallest absolute Gasteiger partial charge is 0.303 e. The zero-order valence-corrected chi connectivity index (χ0v) is 13.1. The molecule has 0 bridgehead atoms. The first kappa shape index (κ1) is 16.5. The number of benzene rings is 1. The van der Waals surface area contributed by atoms with Gasteiger partial charge in [0.05, 0.1) is 12.2 Å². The van der Waals surface area contributed by atoms with Crippen LogP contribution in [-0.2, 0) is 22.6 Å². The van der Waals surface area contributed by atoms with Crippen LogP contribution in [0.2, 0.25) is 0 Å². The number of phenolic OH excluding ortho intramolecular Hbond substituents is 1. The Morgan fingerprint density at radius 2 is 2.00 bits per heavy atom. The molecular formula is C17H22O5. The van der Waals surface area contributed by atoms with E-state index in [0.717, 1.165) is 27.8 Å². The van der Waals surface area contributed by atoms with E-state index in [1.165, 1.54) is 0 Å². The van der Waals surface area contributed by atoms with Gasteiger partial charge >= 0.3 is 5.97 Å². The number of allylic oxidation sites excluding steroid dienone is 2. The van der Waals surface area contributed by atoms with Gasteiger partial charge in [0.25, 0.3) is 0 Å². The number of aliphatic hydroxyl groups excluding tert-OH is 1. The van der Waals surface area contributed by atoms with Crippen LogP contribution in [0.5, 0.6) is 5.75 Å². The van der Waals surface area contributed by atoms with Crippen LogP contribution in [-0.4, -0.2) is 21.3 Å². The number of rotatable bonds is 5. The molecule has 0 fully saturated rings. The van der Waals surface area contributed by atoms with Crippen LogP contribution in [0.1, 0.15) is 53.9 Å². The number of carboxylic acid groups (broad SMARTS) is 1. The van der Waals surface area contributed by atoms with E-state index in [4.69, 9.17) is 9.84 Å². The molecule has 22 heavy (non-hydrogen) atoms. The minimum atomic E-state index is -1.08. The van der Waals surface area contributed by atoms with E-state index >= 15 is 0 Å². The van der Waals surface area contributed by atoms with Gasteiger partial charge in [-0.05, 0) is 50.3 Å². The monoisotopic (exact) mass is 306 g/mol. The second kappa shape index (κ2) is 6.50. The second-order valence-corrected chi connectivity index (χ2v) is 5.78. The van der Waals surface area contributed by atoms with E-state index in [1.54, 1.807) is 0 Å². The van der Waals surface area contributed by atoms with E-state index in [1.807, 2.05) is 26.8 Å². The molecule has 0 saturated heterocycles. The van der Waals surface area contributed by atoms with Crippen molar-refractivity contribution in [1.82, 2.24) is 0 Å². The molecule has 0 radical (unpaired) electrons. The number of carbonyl (C=O) groups is 1. The van der Waals surface area contributed by atoms with Crippen LogP contribution in [0.25, 0.3) is 0 Å². The maximum atomic E-state index is 10.6. The lowest BCUT2D eigenvalue weighted by Gasteiger charge is -2.16. The third kappa shape index (κ3) is 3.15. The van der Waals surface area contributed by atoms with Gasteiger partial charge in [0, 0.05) is 12.0 Å². The number of carboxylic acids is 1.